The van der Waals surface area contributed by atoms with E-state index in [2.05, 4.69) is 5.32 Å². The van der Waals surface area contributed by atoms with Gasteiger partial charge >= 0.3 is 5.97 Å². The Morgan fingerprint density at radius 1 is 1.07 bits per heavy atom. The van der Waals surface area contributed by atoms with Crippen LogP contribution in [0.4, 0.5) is 0 Å². The third kappa shape index (κ3) is 5.68. The molecule has 2 heterocycles. The Morgan fingerprint density at radius 3 is 2.52 bits per heavy atom. The number of esters is 1. The molecule has 1 aromatic carbocycles. The van der Waals surface area contributed by atoms with E-state index < -0.39 is 28.5 Å². The summed E-state index contributed by atoms with van der Waals surface area (Å²) in [5, 5.41) is 2.56. The lowest BCUT2D eigenvalue weighted by Crippen LogP contribution is -2.32. The van der Waals surface area contributed by atoms with Crippen molar-refractivity contribution in [2.75, 3.05) is 19.7 Å². The number of nitrogens with zero attached hydrogens (tertiary/aromatic N) is 1. The van der Waals surface area contributed by atoms with Gasteiger partial charge in [0.1, 0.15) is 5.76 Å². The molecule has 0 bridgehead atoms. The van der Waals surface area contributed by atoms with E-state index in [1.165, 1.54) is 34.8 Å². The molecule has 2 aromatic rings. The van der Waals surface area contributed by atoms with Crippen LogP contribution in [-0.4, -0.2) is 44.3 Å². The largest absolute Gasteiger partial charge is 0.467 e. The maximum absolute atomic E-state index is 12.9. The number of ether oxygens (including phenoxy) is 1. The molecule has 0 spiro atoms. The molecule has 0 aliphatic carbocycles. The van der Waals surface area contributed by atoms with Gasteiger partial charge in [0.2, 0.25) is 10.0 Å². The van der Waals surface area contributed by atoms with Crippen LogP contribution in [0.3, 0.4) is 0 Å². The first-order chi connectivity index (χ1) is 14.0. The lowest BCUT2D eigenvalue weighted by atomic mass is 10.2. The SMILES string of the molecule is O=C(COC(=O)c1cccc(S(=O)(=O)N2CCCCCC2)c1)NCc1ccco1. The summed E-state index contributed by atoms with van der Waals surface area (Å²) in [6, 6.07) is 9.13. The molecule has 8 nitrogen and oxygen atoms in total. The van der Waals surface area contributed by atoms with Crippen LogP contribution in [0.5, 0.6) is 0 Å². The van der Waals surface area contributed by atoms with Gasteiger partial charge < -0.3 is 14.5 Å². The summed E-state index contributed by atoms with van der Waals surface area (Å²) in [7, 11) is -3.67. The van der Waals surface area contributed by atoms with Crippen molar-refractivity contribution in [3.05, 3.63) is 54.0 Å². The maximum Gasteiger partial charge on any atom is 0.338 e. The number of hydrogen-bond acceptors (Lipinski definition) is 6. The van der Waals surface area contributed by atoms with Gasteiger partial charge in [0.15, 0.2) is 6.61 Å². The standard InChI is InChI=1S/C20H24N2O6S/c23-19(21-14-17-8-6-12-27-17)15-28-20(24)16-7-5-9-18(13-16)29(25,26)22-10-3-1-2-4-11-22/h5-9,12-13H,1-4,10-11,14-15H2,(H,21,23). The van der Waals surface area contributed by atoms with Crippen molar-refractivity contribution in [3.8, 4) is 0 Å². The molecule has 1 N–H and O–H groups in total. The molecule has 0 radical (unpaired) electrons. The highest BCUT2D eigenvalue weighted by Crippen LogP contribution is 2.21. The second-order valence-corrected chi connectivity index (χ2v) is 8.72. The Morgan fingerprint density at radius 2 is 1.83 bits per heavy atom. The van der Waals surface area contributed by atoms with E-state index in [0.29, 0.717) is 18.8 Å². The summed E-state index contributed by atoms with van der Waals surface area (Å²) in [4.78, 5) is 24.1. The highest BCUT2D eigenvalue weighted by Gasteiger charge is 2.26. The minimum absolute atomic E-state index is 0.0520. The molecule has 0 unspecified atom stereocenters. The van der Waals surface area contributed by atoms with Gasteiger partial charge in [-0.2, -0.15) is 4.31 Å². The van der Waals surface area contributed by atoms with Crippen LogP contribution in [0.15, 0.2) is 52.0 Å². The Kier molecular flexibility index (Phi) is 7.05. The first-order valence-corrected chi connectivity index (χ1v) is 11.0. The summed E-state index contributed by atoms with van der Waals surface area (Å²) in [6.07, 6.45) is 5.18. The molecule has 29 heavy (non-hydrogen) atoms. The summed E-state index contributed by atoms with van der Waals surface area (Å²) >= 11 is 0. The minimum atomic E-state index is -3.67. The minimum Gasteiger partial charge on any atom is -0.467 e. The first-order valence-electron chi connectivity index (χ1n) is 9.53. The van der Waals surface area contributed by atoms with Gasteiger partial charge in [0.05, 0.1) is 23.3 Å². The molecule has 0 atom stereocenters. The fraction of sp³-hybridized carbons (Fsp3) is 0.400. The van der Waals surface area contributed by atoms with Crippen LogP contribution in [-0.2, 0) is 26.1 Å². The fourth-order valence-electron chi connectivity index (χ4n) is 3.08. The molecule has 156 valence electrons. The third-order valence-corrected chi connectivity index (χ3v) is 6.54. The summed E-state index contributed by atoms with van der Waals surface area (Å²) in [6.45, 7) is 0.676. The van der Waals surface area contributed by atoms with Crippen molar-refractivity contribution in [2.45, 2.75) is 37.1 Å². The molecule has 0 saturated carbocycles. The quantitative estimate of drug-likeness (QED) is 0.689. The van der Waals surface area contributed by atoms with Crippen molar-refractivity contribution in [3.63, 3.8) is 0 Å². The zero-order valence-corrected chi connectivity index (χ0v) is 16.8. The second kappa shape index (κ2) is 9.71. The van der Waals surface area contributed by atoms with Crippen LogP contribution in [0.1, 0.15) is 41.8 Å². The molecule has 1 saturated heterocycles. The molecule has 9 heteroatoms. The lowest BCUT2D eigenvalue weighted by molar-refractivity contribution is -0.124. The van der Waals surface area contributed by atoms with Gasteiger partial charge in [-0.25, -0.2) is 13.2 Å². The van der Waals surface area contributed by atoms with E-state index in [4.69, 9.17) is 9.15 Å². The van der Waals surface area contributed by atoms with Gasteiger partial charge in [-0.1, -0.05) is 18.9 Å². The van der Waals surface area contributed by atoms with Gasteiger partial charge in [0, 0.05) is 13.1 Å². The predicted molar refractivity (Wildman–Crippen MR) is 105 cm³/mol. The molecule has 1 aromatic heterocycles. The van der Waals surface area contributed by atoms with Crippen LogP contribution in [0.2, 0.25) is 0 Å². The normalized spacial score (nSPS) is 15.4. The summed E-state index contributed by atoms with van der Waals surface area (Å²) in [5.41, 5.74) is 0.0831. The zero-order valence-electron chi connectivity index (χ0n) is 16.0. The molecule has 1 aliphatic heterocycles. The van der Waals surface area contributed by atoms with Crippen molar-refractivity contribution in [2.24, 2.45) is 0 Å². The van der Waals surface area contributed by atoms with E-state index in [0.717, 1.165) is 25.7 Å². The number of sulfonamides is 1. The molecule has 3 rings (SSSR count). The van der Waals surface area contributed by atoms with Crippen molar-refractivity contribution in [1.82, 2.24) is 9.62 Å². The Hall–Kier alpha value is -2.65. The summed E-state index contributed by atoms with van der Waals surface area (Å²) in [5.74, 6) is -0.662. The smallest absolute Gasteiger partial charge is 0.338 e. The fourth-order valence-corrected chi connectivity index (χ4v) is 4.64. The molecular weight excluding hydrogens is 396 g/mol. The number of carbonyl (C=O) groups excluding carboxylic acids is 2. The highest BCUT2D eigenvalue weighted by molar-refractivity contribution is 7.89. The number of amides is 1. The number of carbonyl (C=O) groups is 2. The number of nitrogens with one attached hydrogen (secondary N) is 1. The van der Waals surface area contributed by atoms with Crippen molar-refractivity contribution in [1.29, 1.82) is 0 Å². The van der Waals surface area contributed by atoms with Crippen LogP contribution in [0.25, 0.3) is 0 Å². The molecule has 1 amide bonds. The van der Waals surface area contributed by atoms with E-state index >= 15 is 0 Å². The van der Waals surface area contributed by atoms with E-state index in [-0.39, 0.29) is 17.0 Å². The molecular formula is C20H24N2O6S. The third-order valence-electron chi connectivity index (χ3n) is 4.65. The second-order valence-electron chi connectivity index (χ2n) is 6.78. The van der Waals surface area contributed by atoms with Gasteiger partial charge in [-0.3, -0.25) is 4.79 Å². The van der Waals surface area contributed by atoms with Gasteiger partial charge in [-0.05, 0) is 43.2 Å². The number of hydrogen-bond donors (Lipinski definition) is 1. The number of benzene rings is 1. The van der Waals surface area contributed by atoms with Crippen LogP contribution >= 0.6 is 0 Å². The average Bonchev–Trinajstić information content (AvgIpc) is 3.09. The average molecular weight is 420 g/mol. The number of rotatable bonds is 7. The van der Waals surface area contributed by atoms with Crippen LogP contribution < -0.4 is 5.32 Å². The summed E-state index contributed by atoms with van der Waals surface area (Å²) < 4.78 is 37.3. The predicted octanol–water partition coefficient (Wildman–Crippen LogP) is 2.32. The maximum atomic E-state index is 12.9. The molecule has 1 fully saturated rings. The Labute approximate surface area is 169 Å². The molecule has 1 aliphatic rings. The van der Waals surface area contributed by atoms with E-state index in [1.54, 1.807) is 12.1 Å². The number of furan rings is 1. The van der Waals surface area contributed by atoms with Crippen molar-refractivity contribution < 1.29 is 27.2 Å². The topological polar surface area (TPSA) is 106 Å². The lowest BCUT2D eigenvalue weighted by Gasteiger charge is -2.20. The zero-order chi connectivity index (χ0) is 20.7. The van der Waals surface area contributed by atoms with Crippen molar-refractivity contribution >= 4 is 21.9 Å². The van der Waals surface area contributed by atoms with Crippen LogP contribution in [0, 0.1) is 0 Å². The van der Waals surface area contributed by atoms with Gasteiger partial charge in [-0.15, -0.1) is 0 Å². The first kappa shape index (κ1) is 21.1. The van der Waals surface area contributed by atoms with E-state index in [1.807, 2.05) is 0 Å². The van der Waals surface area contributed by atoms with Gasteiger partial charge in [0.25, 0.3) is 5.91 Å². The highest BCUT2D eigenvalue weighted by atomic mass is 32.2. The monoisotopic (exact) mass is 420 g/mol. The van der Waals surface area contributed by atoms with E-state index in [9.17, 15) is 18.0 Å². The Balaban J connectivity index is 1.59. The Bertz CT molecular complexity index is 932.